The molecular weight excluding hydrogens is 320 g/mol. The van der Waals surface area contributed by atoms with Gasteiger partial charge in [-0.2, -0.15) is 0 Å². The molecule has 4 aromatic rings. The van der Waals surface area contributed by atoms with E-state index in [4.69, 9.17) is 4.74 Å². The van der Waals surface area contributed by atoms with Gasteiger partial charge in [0.15, 0.2) is 0 Å². The van der Waals surface area contributed by atoms with Crippen LogP contribution in [-0.4, -0.2) is 18.1 Å². The Bertz CT molecular complexity index is 926. The van der Waals surface area contributed by atoms with Gasteiger partial charge in [-0.05, 0) is 36.4 Å². The van der Waals surface area contributed by atoms with Crippen LogP contribution in [0, 0.1) is 0 Å². The first-order chi connectivity index (χ1) is 12.9. The first-order valence-corrected chi connectivity index (χ1v) is 8.76. The van der Waals surface area contributed by atoms with E-state index < -0.39 is 0 Å². The van der Waals surface area contributed by atoms with Crippen molar-refractivity contribution in [2.45, 2.75) is 0 Å². The van der Waals surface area contributed by atoms with Gasteiger partial charge < -0.3 is 9.64 Å². The van der Waals surface area contributed by atoms with Crippen LogP contribution in [0.2, 0.25) is 0 Å². The Hall–Kier alpha value is -3.33. The number of benzene rings is 3. The Morgan fingerprint density at radius 1 is 0.692 bits per heavy atom. The molecule has 0 aliphatic carbocycles. The summed E-state index contributed by atoms with van der Waals surface area (Å²) in [6, 6.07) is 30.8. The van der Waals surface area contributed by atoms with Gasteiger partial charge in [0.25, 0.3) is 0 Å². The molecule has 0 aliphatic rings. The SMILES string of the molecule is c1ccc(N(CCOc2cccc3cccnc23)c2ccccc2)cc1. The second-order valence-corrected chi connectivity index (χ2v) is 6.00. The van der Waals surface area contributed by atoms with Crippen molar-refractivity contribution in [3.63, 3.8) is 0 Å². The molecule has 3 heteroatoms. The van der Waals surface area contributed by atoms with Crippen LogP contribution in [-0.2, 0) is 0 Å². The van der Waals surface area contributed by atoms with Crippen molar-refractivity contribution in [2.24, 2.45) is 0 Å². The molecule has 0 fully saturated rings. The molecule has 1 aromatic heterocycles. The molecule has 0 saturated heterocycles. The summed E-state index contributed by atoms with van der Waals surface area (Å²) in [6.07, 6.45) is 1.80. The van der Waals surface area contributed by atoms with Crippen molar-refractivity contribution in [1.29, 1.82) is 0 Å². The molecule has 0 bridgehead atoms. The minimum absolute atomic E-state index is 0.569. The summed E-state index contributed by atoms with van der Waals surface area (Å²) >= 11 is 0. The second-order valence-electron chi connectivity index (χ2n) is 6.00. The summed E-state index contributed by atoms with van der Waals surface area (Å²) in [6.45, 7) is 1.32. The van der Waals surface area contributed by atoms with Crippen LogP contribution >= 0.6 is 0 Å². The number of nitrogens with zero attached hydrogens (tertiary/aromatic N) is 2. The number of hydrogen-bond donors (Lipinski definition) is 0. The molecule has 3 aromatic carbocycles. The summed E-state index contributed by atoms with van der Waals surface area (Å²) in [5.74, 6) is 0.823. The largest absolute Gasteiger partial charge is 0.489 e. The van der Waals surface area contributed by atoms with Crippen molar-refractivity contribution >= 4 is 22.3 Å². The van der Waals surface area contributed by atoms with Crippen LogP contribution in [0.3, 0.4) is 0 Å². The fourth-order valence-corrected chi connectivity index (χ4v) is 3.06. The number of hydrogen-bond acceptors (Lipinski definition) is 3. The smallest absolute Gasteiger partial charge is 0.145 e. The van der Waals surface area contributed by atoms with Crippen LogP contribution in [0.15, 0.2) is 97.2 Å². The lowest BCUT2D eigenvalue weighted by atomic mass is 10.2. The lowest BCUT2D eigenvalue weighted by Crippen LogP contribution is -2.23. The van der Waals surface area contributed by atoms with Crippen LogP contribution in [0.4, 0.5) is 11.4 Å². The Morgan fingerprint density at radius 3 is 2.04 bits per heavy atom. The minimum Gasteiger partial charge on any atom is -0.489 e. The average molecular weight is 340 g/mol. The highest BCUT2D eigenvalue weighted by molar-refractivity contribution is 5.84. The molecule has 0 amide bonds. The van der Waals surface area contributed by atoms with Crippen molar-refractivity contribution < 1.29 is 4.74 Å². The van der Waals surface area contributed by atoms with E-state index >= 15 is 0 Å². The normalized spacial score (nSPS) is 10.6. The Kier molecular flexibility index (Phi) is 4.79. The van der Waals surface area contributed by atoms with Gasteiger partial charge in [-0.3, -0.25) is 4.98 Å². The molecule has 0 spiro atoms. The number of pyridine rings is 1. The maximum absolute atomic E-state index is 6.09. The Labute approximate surface area is 153 Å². The highest BCUT2D eigenvalue weighted by Crippen LogP contribution is 2.26. The van der Waals surface area contributed by atoms with Gasteiger partial charge in [-0.15, -0.1) is 0 Å². The maximum Gasteiger partial charge on any atom is 0.145 e. The van der Waals surface area contributed by atoms with Crippen LogP contribution in [0.5, 0.6) is 5.75 Å². The Balaban J connectivity index is 1.54. The number of aromatic nitrogens is 1. The van der Waals surface area contributed by atoms with Crippen LogP contribution < -0.4 is 9.64 Å². The Morgan fingerprint density at radius 2 is 1.35 bits per heavy atom. The number of rotatable bonds is 6. The average Bonchev–Trinajstić information content (AvgIpc) is 2.72. The van der Waals surface area contributed by atoms with Gasteiger partial charge in [0, 0.05) is 23.0 Å². The number of anilines is 2. The third kappa shape index (κ3) is 3.52. The molecular formula is C23H20N2O. The van der Waals surface area contributed by atoms with E-state index in [2.05, 4.69) is 70.5 Å². The van der Waals surface area contributed by atoms with Crippen molar-refractivity contribution in [2.75, 3.05) is 18.1 Å². The van der Waals surface area contributed by atoms with Crippen LogP contribution in [0.25, 0.3) is 10.9 Å². The minimum atomic E-state index is 0.569. The predicted octanol–water partition coefficient (Wildman–Crippen LogP) is 5.45. The molecule has 0 atom stereocenters. The standard InChI is InChI=1S/C23H20N2O/c1-3-11-20(12-4-1)25(21-13-5-2-6-14-21)17-18-26-22-15-7-9-19-10-8-16-24-23(19)22/h1-16H,17-18H2. The van der Waals surface area contributed by atoms with Gasteiger partial charge in [0.05, 0.1) is 6.54 Å². The lowest BCUT2D eigenvalue weighted by Gasteiger charge is -2.25. The van der Waals surface area contributed by atoms with Gasteiger partial charge >= 0.3 is 0 Å². The molecule has 0 aliphatic heterocycles. The quantitative estimate of drug-likeness (QED) is 0.466. The molecule has 4 rings (SSSR count). The van der Waals surface area contributed by atoms with Gasteiger partial charge in [0.1, 0.15) is 17.9 Å². The summed E-state index contributed by atoms with van der Waals surface area (Å²) < 4.78 is 6.09. The van der Waals surface area contributed by atoms with Gasteiger partial charge in [-0.1, -0.05) is 54.6 Å². The third-order valence-electron chi connectivity index (χ3n) is 4.30. The van der Waals surface area contributed by atoms with E-state index in [0.29, 0.717) is 6.61 Å². The third-order valence-corrected chi connectivity index (χ3v) is 4.30. The summed E-state index contributed by atoms with van der Waals surface area (Å²) in [5, 5.41) is 1.09. The highest BCUT2D eigenvalue weighted by Gasteiger charge is 2.10. The van der Waals surface area contributed by atoms with E-state index in [0.717, 1.165) is 34.6 Å². The number of ether oxygens (including phenoxy) is 1. The maximum atomic E-state index is 6.09. The van der Waals surface area contributed by atoms with E-state index in [1.54, 1.807) is 6.20 Å². The fourth-order valence-electron chi connectivity index (χ4n) is 3.06. The zero-order valence-corrected chi connectivity index (χ0v) is 14.5. The summed E-state index contributed by atoms with van der Waals surface area (Å²) in [7, 11) is 0. The molecule has 1 heterocycles. The summed E-state index contributed by atoms with van der Waals surface area (Å²) in [4.78, 5) is 6.72. The fraction of sp³-hybridized carbons (Fsp3) is 0.0870. The van der Waals surface area contributed by atoms with E-state index in [1.807, 2.05) is 30.3 Å². The number of para-hydroxylation sites is 3. The lowest BCUT2D eigenvalue weighted by molar-refractivity contribution is 0.331. The molecule has 0 N–H and O–H groups in total. The van der Waals surface area contributed by atoms with E-state index in [-0.39, 0.29) is 0 Å². The van der Waals surface area contributed by atoms with Crippen LogP contribution in [0.1, 0.15) is 0 Å². The van der Waals surface area contributed by atoms with Gasteiger partial charge in [-0.25, -0.2) is 0 Å². The van der Waals surface area contributed by atoms with Crippen molar-refractivity contribution in [3.8, 4) is 5.75 Å². The predicted molar refractivity (Wildman–Crippen MR) is 107 cm³/mol. The molecule has 0 saturated carbocycles. The molecule has 26 heavy (non-hydrogen) atoms. The van der Waals surface area contributed by atoms with Crippen molar-refractivity contribution in [1.82, 2.24) is 4.98 Å². The van der Waals surface area contributed by atoms with Gasteiger partial charge in [0.2, 0.25) is 0 Å². The molecule has 0 radical (unpaired) electrons. The summed E-state index contributed by atoms with van der Waals surface area (Å²) in [5.41, 5.74) is 3.21. The topological polar surface area (TPSA) is 25.4 Å². The van der Waals surface area contributed by atoms with E-state index in [1.165, 1.54) is 0 Å². The first-order valence-electron chi connectivity index (χ1n) is 8.76. The zero-order valence-electron chi connectivity index (χ0n) is 14.5. The first kappa shape index (κ1) is 16.2. The molecule has 128 valence electrons. The van der Waals surface area contributed by atoms with E-state index in [9.17, 15) is 0 Å². The van der Waals surface area contributed by atoms with Crippen molar-refractivity contribution in [3.05, 3.63) is 97.2 Å². The molecule has 3 nitrogen and oxygen atoms in total. The zero-order chi connectivity index (χ0) is 17.6. The molecule has 0 unspecified atom stereocenters. The highest BCUT2D eigenvalue weighted by atomic mass is 16.5. The number of fused-ring (bicyclic) bond motifs is 1. The monoisotopic (exact) mass is 340 g/mol. The second kappa shape index (κ2) is 7.70.